The Kier molecular flexibility index (Phi) is 6.30. The van der Waals surface area contributed by atoms with Crippen LogP contribution in [-0.4, -0.2) is 10.9 Å². The van der Waals surface area contributed by atoms with Gasteiger partial charge in [0.05, 0.1) is 5.56 Å². The van der Waals surface area contributed by atoms with Crippen molar-refractivity contribution in [2.45, 2.75) is 47.0 Å². The van der Waals surface area contributed by atoms with E-state index in [4.69, 9.17) is 5.26 Å². The van der Waals surface area contributed by atoms with Gasteiger partial charge in [-0.1, -0.05) is 33.8 Å². The number of aryl methyl sites for hydroxylation is 1. The number of nitriles is 1. The maximum atomic E-state index is 12.1. The highest BCUT2D eigenvalue weighted by molar-refractivity contribution is 5.94. The first-order chi connectivity index (χ1) is 10.3. The van der Waals surface area contributed by atoms with Crippen LogP contribution >= 0.6 is 0 Å². The second-order valence-corrected chi connectivity index (χ2v) is 6.68. The molecule has 1 N–H and O–H groups in total. The molecule has 0 bridgehead atoms. The number of hydrogen-bond acceptors (Lipinski definition) is 3. The fourth-order valence-corrected chi connectivity index (χ4v) is 1.92. The largest absolute Gasteiger partial charge is 0.309 e. The van der Waals surface area contributed by atoms with Crippen molar-refractivity contribution in [2.75, 3.05) is 5.32 Å². The molecule has 0 aromatic carbocycles. The van der Waals surface area contributed by atoms with Gasteiger partial charge in [0.15, 0.2) is 5.82 Å². The molecule has 0 radical (unpaired) electrons. The maximum absolute atomic E-state index is 12.1. The van der Waals surface area contributed by atoms with Crippen molar-refractivity contribution in [2.24, 2.45) is 11.3 Å². The topological polar surface area (TPSA) is 65.8 Å². The highest BCUT2D eigenvalue weighted by Gasteiger charge is 2.22. The first kappa shape index (κ1) is 17.9. The lowest BCUT2D eigenvalue weighted by Crippen LogP contribution is -2.28. The summed E-state index contributed by atoms with van der Waals surface area (Å²) >= 11 is 0. The van der Waals surface area contributed by atoms with E-state index in [1.807, 2.05) is 32.9 Å². The lowest BCUT2D eigenvalue weighted by Gasteiger charge is -2.18. The van der Waals surface area contributed by atoms with Crippen molar-refractivity contribution in [1.82, 2.24) is 4.98 Å². The summed E-state index contributed by atoms with van der Waals surface area (Å²) in [5.41, 5.74) is 0.753. The monoisotopic (exact) mass is 299 g/mol. The van der Waals surface area contributed by atoms with Gasteiger partial charge in [0, 0.05) is 11.1 Å². The molecule has 0 saturated heterocycles. The fourth-order valence-electron chi connectivity index (χ4n) is 1.92. The molecule has 1 unspecified atom stereocenters. The Labute approximate surface area is 133 Å². The van der Waals surface area contributed by atoms with Crippen molar-refractivity contribution in [3.05, 3.63) is 36.0 Å². The predicted octanol–water partition coefficient (Wildman–Crippen LogP) is 4.08. The fraction of sp³-hybridized carbons (Fsp3) is 0.500. The van der Waals surface area contributed by atoms with Gasteiger partial charge in [-0.05, 0) is 37.3 Å². The number of nitrogens with one attached hydrogen (secondary N) is 1. The van der Waals surface area contributed by atoms with Crippen molar-refractivity contribution in [3.63, 3.8) is 0 Å². The van der Waals surface area contributed by atoms with Crippen LogP contribution < -0.4 is 5.32 Å². The molecular weight excluding hydrogens is 274 g/mol. The van der Waals surface area contributed by atoms with Gasteiger partial charge in [0.2, 0.25) is 5.91 Å². The van der Waals surface area contributed by atoms with E-state index >= 15 is 0 Å². The average Bonchev–Trinajstić information content (AvgIpc) is 2.44. The Morgan fingerprint density at radius 2 is 2.18 bits per heavy atom. The number of allylic oxidation sites excluding steroid dienone is 1. The number of carbonyl (C=O) groups excluding carboxylic acids is 1. The molecule has 0 saturated carbocycles. The summed E-state index contributed by atoms with van der Waals surface area (Å²) in [7, 11) is 0. The molecule has 1 heterocycles. The summed E-state index contributed by atoms with van der Waals surface area (Å²) in [6, 6.07) is 5.65. The number of anilines is 1. The zero-order valence-corrected chi connectivity index (χ0v) is 13.9. The third-order valence-electron chi connectivity index (χ3n) is 3.45. The Bertz CT molecular complexity index is 579. The minimum Gasteiger partial charge on any atom is -0.309 e. The van der Waals surface area contributed by atoms with Crippen molar-refractivity contribution < 1.29 is 4.79 Å². The van der Waals surface area contributed by atoms with E-state index in [9.17, 15) is 4.79 Å². The second kappa shape index (κ2) is 7.74. The average molecular weight is 299 g/mol. The molecule has 1 aromatic rings. The molecular formula is C18H25N3O. The molecule has 4 heteroatoms. The normalized spacial score (nSPS) is 12.3. The first-order valence-corrected chi connectivity index (χ1v) is 7.60. The predicted molar refractivity (Wildman–Crippen MR) is 89.3 cm³/mol. The Morgan fingerprint density at radius 1 is 1.50 bits per heavy atom. The lowest BCUT2D eigenvalue weighted by molar-refractivity contribution is -0.123. The van der Waals surface area contributed by atoms with Gasteiger partial charge in [-0.2, -0.15) is 5.26 Å². The van der Waals surface area contributed by atoms with Gasteiger partial charge >= 0.3 is 0 Å². The minimum atomic E-state index is -0.525. The smallest absolute Gasteiger partial charge is 0.230 e. The quantitative estimate of drug-likeness (QED) is 0.805. The van der Waals surface area contributed by atoms with Gasteiger partial charge in [0.1, 0.15) is 6.07 Å². The number of nitrogens with zero attached hydrogens (tertiary/aromatic N) is 2. The van der Waals surface area contributed by atoms with E-state index < -0.39 is 5.41 Å². The molecule has 0 aliphatic rings. The van der Waals surface area contributed by atoms with Crippen LogP contribution in [0.4, 0.5) is 5.82 Å². The zero-order chi connectivity index (χ0) is 16.8. The summed E-state index contributed by atoms with van der Waals surface area (Å²) in [6.45, 7) is 11.4. The van der Waals surface area contributed by atoms with Gasteiger partial charge in [-0.15, -0.1) is 6.58 Å². The first-order valence-electron chi connectivity index (χ1n) is 7.60. The van der Waals surface area contributed by atoms with Gasteiger partial charge in [-0.25, -0.2) is 4.98 Å². The summed E-state index contributed by atoms with van der Waals surface area (Å²) in [4.78, 5) is 16.5. The number of carbonyl (C=O) groups is 1. The van der Waals surface area contributed by atoms with Gasteiger partial charge in [0.25, 0.3) is 0 Å². The van der Waals surface area contributed by atoms with Crippen LogP contribution in [0.1, 0.15) is 51.8 Å². The third-order valence-corrected chi connectivity index (χ3v) is 3.45. The number of aromatic nitrogens is 1. The Balaban J connectivity index is 2.87. The molecule has 1 atom stereocenters. The van der Waals surface area contributed by atoms with Gasteiger partial charge in [-0.3, -0.25) is 4.79 Å². The summed E-state index contributed by atoms with van der Waals surface area (Å²) < 4.78 is 0. The summed E-state index contributed by atoms with van der Waals surface area (Å²) in [5, 5.41) is 11.9. The standard InChI is InChI=1S/C18H25N3O/c1-6-7-13(2)8-10-15-11-9-14(12-19)16(20-15)21-17(22)18(3,4)5/h6,9,11,13H,1,7-8,10H2,2-5H3,(H,20,21,22). The SMILES string of the molecule is C=CCC(C)CCc1ccc(C#N)c(NC(=O)C(C)(C)C)n1. The molecule has 1 aromatic heterocycles. The lowest BCUT2D eigenvalue weighted by atomic mass is 9.95. The van der Waals surface area contributed by atoms with Crippen LogP contribution in [0.3, 0.4) is 0 Å². The summed E-state index contributed by atoms with van der Waals surface area (Å²) in [5.74, 6) is 0.757. The number of amides is 1. The third kappa shape index (κ3) is 5.33. The molecule has 4 nitrogen and oxygen atoms in total. The van der Waals surface area contributed by atoms with Crippen molar-refractivity contribution >= 4 is 11.7 Å². The van der Waals surface area contributed by atoms with E-state index in [0.29, 0.717) is 17.3 Å². The summed E-state index contributed by atoms with van der Waals surface area (Å²) in [6.07, 6.45) is 4.71. The van der Waals surface area contributed by atoms with Crippen LogP contribution in [0.15, 0.2) is 24.8 Å². The second-order valence-electron chi connectivity index (χ2n) is 6.68. The van der Waals surface area contributed by atoms with E-state index in [1.54, 1.807) is 6.07 Å². The van der Waals surface area contributed by atoms with Crippen LogP contribution in [0.25, 0.3) is 0 Å². The van der Waals surface area contributed by atoms with Crippen LogP contribution in [0.2, 0.25) is 0 Å². The highest BCUT2D eigenvalue weighted by Crippen LogP contribution is 2.20. The molecule has 0 fully saturated rings. The zero-order valence-electron chi connectivity index (χ0n) is 13.9. The number of pyridine rings is 1. The maximum Gasteiger partial charge on any atom is 0.230 e. The molecule has 1 amide bonds. The minimum absolute atomic E-state index is 0.145. The molecule has 118 valence electrons. The van der Waals surface area contributed by atoms with Crippen molar-refractivity contribution in [3.8, 4) is 6.07 Å². The molecule has 0 aliphatic heterocycles. The highest BCUT2D eigenvalue weighted by atomic mass is 16.2. The molecule has 22 heavy (non-hydrogen) atoms. The molecule has 1 rings (SSSR count). The Morgan fingerprint density at radius 3 is 2.73 bits per heavy atom. The van der Waals surface area contributed by atoms with E-state index in [-0.39, 0.29) is 5.91 Å². The molecule has 0 aliphatic carbocycles. The van der Waals surface area contributed by atoms with E-state index in [1.165, 1.54) is 0 Å². The van der Waals surface area contributed by atoms with E-state index in [0.717, 1.165) is 25.0 Å². The van der Waals surface area contributed by atoms with Crippen LogP contribution in [0.5, 0.6) is 0 Å². The number of hydrogen-bond donors (Lipinski definition) is 1. The van der Waals surface area contributed by atoms with Crippen LogP contribution in [-0.2, 0) is 11.2 Å². The molecule has 0 spiro atoms. The van der Waals surface area contributed by atoms with Gasteiger partial charge < -0.3 is 5.32 Å². The van der Waals surface area contributed by atoms with E-state index in [2.05, 4.69) is 29.9 Å². The Hall–Kier alpha value is -2.15. The van der Waals surface area contributed by atoms with Crippen molar-refractivity contribution in [1.29, 1.82) is 5.26 Å². The van der Waals surface area contributed by atoms with Crippen LogP contribution in [0, 0.1) is 22.7 Å². The number of rotatable bonds is 6.